The second kappa shape index (κ2) is 9.32. The fraction of sp³-hybridized carbons (Fsp3) is 0.250. The molecule has 4 aromatic rings. The first-order valence-electron chi connectivity index (χ1n) is 11.6. The Morgan fingerprint density at radius 2 is 1.49 bits per heavy atom. The van der Waals surface area contributed by atoms with Gasteiger partial charge in [0.2, 0.25) is 0 Å². The number of halogens is 3. The van der Waals surface area contributed by atoms with Crippen LogP contribution < -0.4 is 0 Å². The molecule has 7 heteroatoms. The standard InChI is InChI=1S/C28H26F3N3O/c29-28(30,31)23-13-7-12-22(18-23)27(35)14-16-34(17-15-27)19-24-32-25(20-8-3-1-4-9-20)26(33-24)21-10-5-2-6-11-21/h1-13,18,35H,14-17,19H2,(H,32,33). The molecule has 180 valence electrons. The molecule has 1 saturated heterocycles. The molecule has 5 rings (SSSR count). The first-order valence-corrected chi connectivity index (χ1v) is 11.6. The molecule has 0 aliphatic carbocycles. The maximum atomic E-state index is 13.1. The molecule has 1 fully saturated rings. The summed E-state index contributed by atoms with van der Waals surface area (Å²) in [5.74, 6) is 0.812. The van der Waals surface area contributed by atoms with Crippen molar-refractivity contribution < 1.29 is 18.3 Å². The molecule has 0 bridgehead atoms. The molecule has 35 heavy (non-hydrogen) atoms. The second-order valence-corrected chi connectivity index (χ2v) is 9.03. The first-order chi connectivity index (χ1) is 16.8. The highest BCUT2D eigenvalue weighted by atomic mass is 19.4. The van der Waals surface area contributed by atoms with E-state index in [9.17, 15) is 18.3 Å². The summed E-state index contributed by atoms with van der Waals surface area (Å²) < 4.78 is 39.4. The van der Waals surface area contributed by atoms with Gasteiger partial charge in [0.15, 0.2) is 0 Å². The third-order valence-corrected chi connectivity index (χ3v) is 6.65. The molecule has 0 atom stereocenters. The zero-order valence-corrected chi connectivity index (χ0v) is 19.1. The lowest BCUT2D eigenvalue weighted by atomic mass is 9.83. The second-order valence-electron chi connectivity index (χ2n) is 9.03. The molecule has 0 unspecified atom stereocenters. The van der Waals surface area contributed by atoms with Crippen LogP contribution in [0.2, 0.25) is 0 Å². The number of aromatic amines is 1. The van der Waals surface area contributed by atoms with Crippen molar-refractivity contribution in [2.24, 2.45) is 0 Å². The van der Waals surface area contributed by atoms with Gasteiger partial charge < -0.3 is 10.1 Å². The summed E-state index contributed by atoms with van der Waals surface area (Å²) in [7, 11) is 0. The van der Waals surface area contributed by atoms with Gasteiger partial charge in [-0.15, -0.1) is 0 Å². The van der Waals surface area contributed by atoms with E-state index in [2.05, 4.69) is 9.88 Å². The van der Waals surface area contributed by atoms with Crippen LogP contribution in [-0.4, -0.2) is 33.1 Å². The van der Waals surface area contributed by atoms with Crippen molar-refractivity contribution in [3.05, 3.63) is 102 Å². The molecule has 2 heterocycles. The van der Waals surface area contributed by atoms with Crippen LogP contribution in [0.25, 0.3) is 22.5 Å². The van der Waals surface area contributed by atoms with E-state index in [1.54, 1.807) is 6.07 Å². The third kappa shape index (κ3) is 5.01. The van der Waals surface area contributed by atoms with Gasteiger partial charge in [-0.3, -0.25) is 4.90 Å². The summed E-state index contributed by atoms with van der Waals surface area (Å²) in [5, 5.41) is 11.1. The van der Waals surface area contributed by atoms with Gasteiger partial charge >= 0.3 is 6.18 Å². The van der Waals surface area contributed by atoms with Crippen molar-refractivity contribution in [2.75, 3.05) is 13.1 Å². The van der Waals surface area contributed by atoms with E-state index < -0.39 is 17.3 Å². The normalized spacial score (nSPS) is 16.3. The number of rotatable bonds is 5. The van der Waals surface area contributed by atoms with Gasteiger partial charge in [0, 0.05) is 24.2 Å². The van der Waals surface area contributed by atoms with Crippen LogP contribution in [0.3, 0.4) is 0 Å². The molecule has 0 radical (unpaired) electrons. The number of nitrogens with one attached hydrogen (secondary N) is 1. The molecule has 1 aliphatic heterocycles. The lowest BCUT2D eigenvalue weighted by Crippen LogP contribution is -2.42. The minimum atomic E-state index is -4.43. The van der Waals surface area contributed by atoms with Gasteiger partial charge in [0.1, 0.15) is 5.82 Å². The first kappa shape index (κ1) is 23.3. The average Bonchev–Trinajstić information content (AvgIpc) is 3.30. The van der Waals surface area contributed by atoms with E-state index in [1.807, 2.05) is 60.7 Å². The molecule has 2 N–H and O–H groups in total. The van der Waals surface area contributed by atoms with E-state index in [1.165, 1.54) is 6.07 Å². The van der Waals surface area contributed by atoms with Gasteiger partial charge in [-0.25, -0.2) is 4.98 Å². The average molecular weight is 478 g/mol. The molecule has 0 saturated carbocycles. The summed E-state index contributed by atoms with van der Waals surface area (Å²) in [6, 6.07) is 25.1. The van der Waals surface area contributed by atoms with E-state index in [0.29, 0.717) is 38.0 Å². The third-order valence-electron chi connectivity index (χ3n) is 6.65. The van der Waals surface area contributed by atoms with Gasteiger partial charge in [-0.2, -0.15) is 13.2 Å². The Morgan fingerprint density at radius 1 is 0.857 bits per heavy atom. The van der Waals surface area contributed by atoms with Crippen molar-refractivity contribution in [1.82, 2.24) is 14.9 Å². The number of hydrogen-bond donors (Lipinski definition) is 2. The van der Waals surface area contributed by atoms with Gasteiger partial charge in [0.05, 0.1) is 29.1 Å². The van der Waals surface area contributed by atoms with Crippen LogP contribution in [0.4, 0.5) is 13.2 Å². The number of aromatic nitrogens is 2. The van der Waals surface area contributed by atoms with Crippen LogP contribution in [0.5, 0.6) is 0 Å². The van der Waals surface area contributed by atoms with E-state index >= 15 is 0 Å². The number of benzene rings is 3. The summed E-state index contributed by atoms with van der Waals surface area (Å²) in [6.45, 7) is 1.66. The number of piperidine rings is 1. The molecule has 1 aliphatic rings. The smallest absolute Gasteiger partial charge is 0.385 e. The summed E-state index contributed by atoms with van der Waals surface area (Å²) in [5.41, 5.74) is 2.21. The minimum Gasteiger partial charge on any atom is -0.385 e. The highest BCUT2D eigenvalue weighted by Gasteiger charge is 2.37. The highest BCUT2D eigenvalue weighted by molar-refractivity contribution is 5.78. The van der Waals surface area contributed by atoms with Gasteiger partial charge in [-0.05, 0) is 30.5 Å². The predicted molar refractivity (Wildman–Crippen MR) is 129 cm³/mol. The number of likely N-dealkylation sites (tertiary alicyclic amines) is 1. The van der Waals surface area contributed by atoms with Crippen molar-refractivity contribution in [3.8, 4) is 22.5 Å². The largest absolute Gasteiger partial charge is 0.416 e. The van der Waals surface area contributed by atoms with Crippen molar-refractivity contribution in [3.63, 3.8) is 0 Å². The van der Waals surface area contributed by atoms with Crippen LogP contribution >= 0.6 is 0 Å². The van der Waals surface area contributed by atoms with Gasteiger partial charge in [-0.1, -0.05) is 72.8 Å². The van der Waals surface area contributed by atoms with Crippen molar-refractivity contribution in [1.29, 1.82) is 0 Å². The maximum absolute atomic E-state index is 13.1. The van der Waals surface area contributed by atoms with E-state index in [0.717, 1.165) is 40.5 Å². The van der Waals surface area contributed by atoms with E-state index in [-0.39, 0.29) is 0 Å². The molecule has 3 aromatic carbocycles. The summed E-state index contributed by atoms with van der Waals surface area (Å²) in [4.78, 5) is 10.6. The quantitative estimate of drug-likeness (QED) is 0.357. The minimum absolute atomic E-state index is 0.322. The Bertz CT molecular complexity index is 1220. The zero-order chi connectivity index (χ0) is 24.5. The molecule has 0 amide bonds. The van der Waals surface area contributed by atoms with Gasteiger partial charge in [0.25, 0.3) is 0 Å². The molecule has 1 aromatic heterocycles. The Hall–Kier alpha value is -3.42. The Morgan fingerprint density at radius 3 is 2.11 bits per heavy atom. The van der Waals surface area contributed by atoms with E-state index in [4.69, 9.17) is 4.98 Å². The molecule has 0 spiro atoms. The monoisotopic (exact) mass is 477 g/mol. The predicted octanol–water partition coefficient (Wildman–Crippen LogP) is 6.25. The lowest BCUT2D eigenvalue weighted by Gasteiger charge is -2.38. The van der Waals surface area contributed by atoms with Crippen molar-refractivity contribution in [2.45, 2.75) is 31.2 Å². The van der Waals surface area contributed by atoms with Crippen LogP contribution in [0.1, 0.15) is 29.8 Å². The maximum Gasteiger partial charge on any atom is 0.416 e. The van der Waals surface area contributed by atoms with Crippen LogP contribution in [-0.2, 0) is 18.3 Å². The Labute approximate surface area is 202 Å². The number of aliphatic hydroxyl groups is 1. The number of imidazole rings is 1. The lowest BCUT2D eigenvalue weighted by molar-refractivity contribution is -0.137. The van der Waals surface area contributed by atoms with Crippen LogP contribution in [0, 0.1) is 0 Å². The fourth-order valence-corrected chi connectivity index (χ4v) is 4.68. The SMILES string of the molecule is OC1(c2cccc(C(F)(F)F)c2)CCN(Cc2nc(-c3ccccc3)c(-c3ccccc3)[nH]2)CC1. The zero-order valence-electron chi connectivity index (χ0n) is 19.1. The highest BCUT2D eigenvalue weighted by Crippen LogP contribution is 2.37. The molecular weight excluding hydrogens is 451 g/mol. The number of nitrogens with zero attached hydrogens (tertiary/aromatic N) is 2. The molecule has 4 nitrogen and oxygen atoms in total. The number of alkyl halides is 3. The summed E-state index contributed by atoms with van der Waals surface area (Å²) >= 11 is 0. The fourth-order valence-electron chi connectivity index (χ4n) is 4.68. The molecular formula is C28H26F3N3O. The Balaban J connectivity index is 1.34. The summed E-state index contributed by atoms with van der Waals surface area (Å²) in [6.07, 6.45) is -3.72. The Kier molecular flexibility index (Phi) is 6.21. The van der Waals surface area contributed by atoms with Crippen LogP contribution in [0.15, 0.2) is 84.9 Å². The number of hydrogen-bond acceptors (Lipinski definition) is 3. The number of H-pyrrole nitrogens is 1. The van der Waals surface area contributed by atoms with Crippen molar-refractivity contribution >= 4 is 0 Å². The topological polar surface area (TPSA) is 52.1 Å².